The van der Waals surface area contributed by atoms with Crippen LogP contribution in [0, 0.1) is 5.82 Å². The third-order valence-electron chi connectivity index (χ3n) is 2.55. The zero-order valence-electron chi connectivity index (χ0n) is 9.20. The lowest BCUT2D eigenvalue weighted by atomic mass is 10.0. The molecule has 0 bridgehead atoms. The van der Waals surface area contributed by atoms with Crippen LogP contribution in [0.15, 0.2) is 40.2 Å². The normalized spacial score (nSPS) is 12.6. The Labute approximate surface area is 113 Å². The van der Waals surface area contributed by atoms with E-state index in [1.165, 1.54) is 17.0 Å². The minimum absolute atomic E-state index is 0.0652. The zero-order chi connectivity index (χ0) is 12.3. The number of hydrogen-bond acceptors (Lipinski definition) is 2. The highest BCUT2D eigenvalue weighted by Crippen LogP contribution is 2.24. The number of nitrogens with two attached hydrogens (primary N) is 1. The van der Waals surface area contributed by atoms with Crippen molar-refractivity contribution in [2.45, 2.75) is 18.9 Å². The Bertz CT molecular complexity index is 480. The number of benzene rings is 1. The van der Waals surface area contributed by atoms with Gasteiger partial charge in [0, 0.05) is 15.4 Å². The van der Waals surface area contributed by atoms with Crippen LogP contribution in [-0.4, -0.2) is 6.04 Å². The van der Waals surface area contributed by atoms with Crippen molar-refractivity contribution in [1.29, 1.82) is 0 Å². The molecule has 2 rings (SSSR count). The second kappa shape index (κ2) is 5.76. The SMILES string of the molecule is NC(Cc1ccc(F)cc1)Cc1sccc1Br. The predicted octanol–water partition coefficient (Wildman–Crippen LogP) is 3.76. The highest BCUT2D eigenvalue weighted by Gasteiger charge is 2.09. The number of rotatable bonds is 4. The summed E-state index contributed by atoms with van der Waals surface area (Å²) in [6.07, 6.45) is 1.61. The smallest absolute Gasteiger partial charge is 0.123 e. The van der Waals surface area contributed by atoms with Gasteiger partial charge in [0.1, 0.15) is 5.82 Å². The van der Waals surface area contributed by atoms with E-state index in [-0.39, 0.29) is 11.9 Å². The summed E-state index contributed by atoms with van der Waals surface area (Å²) in [7, 11) is 0. The molecule has 1 aromatic heterocycles. The molecule has 0 aliphatic rings. The van der Waals surface area contributed by atoms with E-state index in [0.717, 1.165) is 22.9 Å². The number of hydrogen-bond donors (Lipinski definition) is 1. The van der Waals surface area contributed by atoms with Gasteiger partial charge in [0.2, 0.25) is 0 Å². The molecular formula is C13H13BrFNS. The first-order chi connectivity index (χ1) is 8.15. The molecule has 1 aromatic carbocycles. The summed E-state index contributed by atoms with van der Waals surface area (Å²) in [5.41, 5.74) is 7.17. The standard InChI is InChI=1S/C13H13BrFNS/c14-12-5-6-17-13(12)8-11(16)7-9-1-3-10(15)4-2-9/h1-6,11H,7-8,16H2. The van der Waals surface area contributed by atoms with E-state index in [0.29, 0.717) is 0 Å². The molecule has 1 nitrogen and oxygen atoms in total. The molecule has 0 saturated heterocycles. The van der Waals surface area contributed by atoms with E-state index in [1.54, 1.807) is 23.5 Å². The maximum atomic E-state index is 12.7. The molecule has 1 heterocycles. The van der Waals surface area contributed by atoms with Gasteiger partial charge >= 0.3 is 0 Å². The molecule has 4 heteroatoms. The van der Waals surface area contributed by atoms with Crippen LogP contribution in [0.4, 0.5) is 4.39 Å². The highest BCUT2D eigenvalue weighted by molar-refractivity contribution is 9.10. The van der Waals surface area contributed by atoms with Crippen molar-refractivity contribution in [2.75, 3.05) is 0 Å². The van der Waals surface area contributed by atoms with Gasteiger partial charge in [-0.3, -0.25) is 0 Å². The van der Waals surface area contributed by atoms with Gasteiger partial charge in [-0.05, 0) is 57.9 Å². The van der Waals surface area contributed by atoms with Crippen LogP contribution in [0.5, 0.6) is 0 Å². The van der Waals surface area contributed by atoms with Crippen molar-refractivity contribution < 1.29 is 4.39 Å². The zero-order valence-corrected chi connectivity index (χ0v) is 11.6. The lowest BCUT2D eigenvalue weighted by Gasteiger charge is -2.10. The molecule has 1 unspecified atom stereocenters. The number of thiophene rings is 1. The molecule has 0 aliphatic heterocycles. The van der Waals surface area contributed by atoms with Gasteiger partial charge in [0.05, 0.1) is 0 Å². The fourth-order valence-electron chi connectivity index (χ4n) is 1.70. The molecule has 2 N–H and O–H groups in total. The average molecular weight is 314 g/mol. The molecular weight excluding hydrogens is 301 g/mol. The van der Waals surface area contributed by atoms with Gasteiger partial charge in [-0.15, -0.1) is 11.3 Å². The lowest BCUT2D eigenvalue weighted by Crippen LogP contribution is -2.25. The molecule has 0 fully saturated rings. The lowest BCUT2D eigenvalue weighted by molar-refractivity contribution is 0.624. The molecule has 0 amide bonds. The summed E-state index contributed by atoms with van der Waals surface area (Å²) < 4.78 is 13.9. The van der Waals surface area contributed by atoms with Crippen molar-refractivity contribution in [1.82, 2.24) is 0 Å². The van der Waals surface area contributed by atoms with Crippen LogP contribution < -0.4 is 5.73 Å². The molecule has 0 saturated carbocycles. The highest BCUT2D eigenvalue weighted by atomic mass is 79.9. The van der Waals surface area contributed by atoms with Crippen LogP contribution in [-0.2, 0) is 12.8 Å². The van der Waals surface area contributed by atoms with E-state index in [1.807, 2.05) is 11.4 Å². The van der Waals surface area contributed by atoms with Gasteiger partial charge in [-0.2, -0.15) is 0 Å². The summed E-state index contributed by atoms with van der Waals surface area (Å²) in [5, 5.41) is 2.05. The van der Waals surface area contributed by atoms with E-state index >= 15 is 0 Å². The third kappa shape index (κ3) is 3.63. The van der Waals surface area contributed by atoms with Crippen LogP contribution in [0.3, 0.4) is 0 Å². The van der Waals surface area contributed by atoms with Crippen LogP contribution in [0.25, 0.3) is 0 Å². The van der Waals surface area contributed by atoms with Crippen molar-refractivity contribution in [3.05, 3.63) is 56.4 Å². The van der Waals surface area contributed by atoms with Crippen molar-refractivity contribution >= 4 is 27.3 Å². The maximum Gasteiger partial charge on any atom is 0.123 e. The summed E-state index contributed by atoms with van der Waals surface area (Å²) >= 11 is 5.20. The van der Waals surface area contributed by atoms with Gasteiger partial charge in [0.25, 0.3) is 0 Å². The van der Waals surface area contributed by atoms with E-state index in [2.05, 4.69) is 15.9 Å². The molecule has 17 heavy (non-hydrogen) atoms. The Morgan fingerprint density at radius 3 is 2.47 bits per heavy atom. The van der Waals surface area contributed by atoms with Crippen molar-refractivity contribution in [2.24, 2.45) is 5.73 Å². The molecule has 0 radical (unpaired) electrons. The fourth-order valence-corrected chi connectivity index (χ4v) is 3.31. The molecule has 1 atom stereocenters. The Balaban J connectivity index is 1.95. The average Bonchev–Trinajstić information content (AvgIpc) is 2.68. The van der Waals surface area contributed by atoms with Crippen molar-refractivity contribution in [3.63, 3.8) is 0 Å². The van der Waals surface area contributed by atoms with Gasteiger partial charge < -0.3 is 5.73 Å². The predicted molar refractivity (Wildman–Crippen MR) is 73.8 cm³/mol. The summed E-state index contributed by atoms with van der Waals surface area (Å²) in [6, 6.07) is 8.63. The third-order valence-corrected chi connectivity index (χ3v) is 4.50. The monoisotopic (exact) mass is 313 g/mol. The second-order valence-corrected chi connectivity index (χ2v) is 5.84. The molecule has 0 aliphatic carbocycles. The Hall–Kier alpha value is -0.710. The van der Waals surface area contributed by atoms with Gasteiger partial charge in [-0.1, -0.05) is 12.1 Å². The van der Waals surface area contributed by atoms with Crippen molar-refractivity contribution in [3.8, 4) is 0 Å². The first kappa shape index (κ1) is 12.7. The van der Waals surface area contributed by atoms with Crippen LogP contribution >= 0.6 is 27.3 Å². The fraction of sp³-hybridized carbons (Fsp3) is 0.231. The van der Waals surface area contributed by atoms with Gasteiger partial charge in [-0.25, -0.2) is 4.39 Å². The van der Waals surface area contributed by atoms with E-state index < -0.39 is 0 Å². The first-order valence-electron chi connectivity index (χ1n) is 5.37. The van der Waals surface area contributed by atoms with Crippen LogP contribution in [0.1, 0.15) is 10.4 Å². The molecule has 2 aromatic rings. The largest absolute Gasteiger partial charge is 0.327 e. The molecule has 0 spiro atoms. The summed E-state index contributed by atoms with van der Waals surface area (Å²) in [4.78, 5) is 1.26. The number of halogens is 2. The van der Waals surface area contributed by atoms with Crippen LogP contribution in [0.2, 0.25) is 0 Å². The topological polar surface area (TPSA) is 26.0 Å². The quantitative estimate of drug-likeness (QED) is 0.913. The minimum Gasteiger partial charge on any atom is -0.327 e. The minimum atomic E-state index is -0.205. The molecule has 90 valence electrons. The maximum absolute atomic E-state index is 12.7. The van der Waals surface area contributed by atoms with Gasteiger partial charge in [0.15, 0.2) is 0 Å². The first-order valence-corrected chi connectivity index (χ1v) is 7.04. The second-order valence-electron chi connectivity index (χ2n) is 3.99. The van der Waals surface area contributed by atoms with E-state index in [9.17, 15) is 4.39 Å². The van der Waals surface area contributed by atoms with E-state index in [4.69, 9.17) is 5.73 Å². The summed E-state index contributed by atoms with van der Waals surface area (Å²) in [5.74, 6) is -0.205. The Morgan fingerprint density at radius 2 is 1.88 bits per heavy atom. The summed E-state index contributed by atoms with van der Waals surface area (Å²) in [6.45, 7) is 0. The Morgan fingerprint density at radius 1 is 1.18 bits per heavy atom. The Kier molecular flexibility index (Phi) is 4.31.